The number of aliphatic hydroxyl groups is 1. The van der Waals surface area contributed by atoms with E-state index in [1.807, 2.05) is 60.7 Å². The molecule has 2 amide bonds. The molecule has 3 aromatic carbocycles. The number of ether oxygens (including phenoxy) is 2. The predicted octanol–water partition coefficient (Wildman–Crippen LogP) is 5.96. The van der Waals surface area contributed by atoms with Gasteiger partial charge >= 0.3 is 12.2 Å². The summed E-state index contributed by atoms with van der Waals surface area (Å²) >= 11 is 6.03. The number of carbonyl (C=O) groups excluding carboxylic acids is 2. The van der Waals surface area contributed by atoms with Crippen LogP contribution in [0, 0.1) is 0 Å². The maximum atomic E-state index is 11.5. The fourth-order valence-electron chi connectivity index (χ4n) is 3.78. The lowest BCUT2D eigenvalue weighted by molar-refractivity contribution is 0.174. The van der Waals surface area contributed by atoms with Gasteiger partial charge < -0.3 is 19.9 Å². The van der Waals surface area contributed by atoms with Crippen molar-refractivity contribution in [1.82, 2.24) is 5.32 Å². The molecule has 8 nitrogen and oxygen atoms in total. The van der Waals surface area contributed by atoms with Crippen molar-refractivity contribution in [3.63, 3.8) is 0 Å². The van der Waals surface area contributed by atoms with Crippen molar-refractivity contribution < 1.29 is 24.2 Å². The maximum Gasteiger partial charge on any atom is 0.411 e. The summed E-state index contributed by atoms with van der Waals surface area (Å²) in [4.78, 5) is 23.0. The zero-order valence-electron chi connectivity index (χ0n) is 20.6. The van der Waals surface area contributed by atoms with Gasteiger partial charge in [0, 0.05) is 28.9 Å². The minimum Gasteiger partial charge on any atom is -0.453 e. The molecule has 0 saturated heterocycles. The Kier molecular flexibility index (Phi) is 12.2. The molecule has 0 aliphatic heterocycles. The Hall–Kier alpha value is -3.30. The Labute approximate surface area is 227 Å². The number of methoxy groups -OCH3 is 2. The largest absolute Gasteiger partial charge is 0.453 e. The summed E-state index contributed by atoms with van der Waals surface area (Å²) in [5, 5.41) is 19.7. The summed E-state index contributed by atoms with van der Waals surface area (Å²) in [6.45, 7) is 1.03. The second kappa shape index (κ2) is 15.1. The van der Waals surface area contributed by atoms with Gasteiger partial charge in [0.05, 0.1) is 20.3 Å². The van der Waals surface area contributed by atoms with Crippen LogP contribution in [0.3, 0.4) is 0 Å². The standard InChI is InChI=1S/C27H30ClN3O5.ClH/c1-35-26(33)30-22-10-6-18(7-11-22)24(19-8-12-23(13-9-19)31-27(34)36-2)14-15-29-17-25(32)20-4-3-5-21(28)16-20;/h3-13,16,24-25,29,32H,14-15,17H2,1-2H3,(H,30,33)(H,31,34);1H/t25-;/m0./s1. The lowest BCUT2D eigenvalue weighted by Crippen LogP contribution is -2.24. The third-order valence-electron chi connectivity index (χ3n) is 5.67. The van der Waals surface area contributed by atoms with E-state index in [1.54, 1.807) is 12.1 Å². The highest BCUT2D eigenvalue weighted by Crippen LogP contribution is 2.30. The molecule has 0 unspecified atom stereocenters. The molecule has 37 heavy (non-hydrogen) atoms. The summed E-state index contributed by atoms with van der Waals surface area (Å²) < 4.78 is 9.29. The van der Waals surface area contributed by atoms with E-state index in [2.05, 4.69) is 25.4 Å². The SMILES string of the molecule is COC(=O)Nc1ccc(C(CCNC[C@H](O)c2cccc(Cl)c2)c2ccc(NC(=O)OC)cc2)cc1.Cl. The zero-order chi connectivity index (χ0) is 25.9. The van der Waals surface area contributed by atoms with Crippen molar-refractivity contribution in [1.29, 1.82) is 0 Å². The first-order chi connectivity index (χ1) is 17.4. The molecule has 4 N–H and O–H groups in total. The highest BCUT2D eigenvalue weighted by atomic mass is 35.5. The topological polar surface area (TPSA) is 109 Å². The van der Waals surface area contributed by atoms with Crippen LogP contribution in [0.5, 0.6) is 0 Å². The number of nitrogens with one attached hydrogen (secondary N) is 3. The highest BCUT2D eigenvalue weighted by molar-refractivity contribution is 6.30. The number of amides is 2. The second-order valence-corrected chi connectivity index (χ2v) is 8.53. The number of hydrogen-bond donors (Lipinski definition) is 4. The lowest BCUT2D eigenvalue weighted by Gasteiger charge is -2.20. The minimum absolute atomic E-state index is 0. The van der Waals surface area contributed by atoms with Gasteiger partial charge in [0.2, 0.25) is 0 Å². The molecular weight excluding hydrogens is 517 g/mol. The van der Waals surface area contributed by atoms with Crippen molar-refractivity contribution in [3.05, 3.63) is 94.5 Å². The van der Waals surface area contributed by atoms with E-state index in [-0.39, 0.29) is 18.3 Å². The third-order valence-corrected chi connectivity index (χ3v) is 5.91. The van der Waals surface area contributed by atoms with Crippen LogP contribution < -0.4 is 16.0 Å². The van der Waals surface area contributed by atoms with Gasteiger partial charge in [0.15, 0.2) is 0 Å². The van der Waals surface area contributed by atoms with Crippen LogP contribution in [0.1, 0.15) is 35.1 Å². The fourth-order valence-corrected chi connectivity index (χ4v) is 3.98. The smallest absolute Gasteiger partial charge is 0.411 e. The number of hydrogen-bond acceptors (Lipinski definition) is 6. The van der Waals surface area contributed by atoms with Gasteiger partial charge in [0.1, 0.15) is 0 Å². The number of benzene rings is 3. The van der Waals surface area contributed by atoms with E-state index in [4.69, 9.17) is 11.6 Å². The molecule has 0 fully saturated rings. The predicted molar refractivity (Wildman–Crippen MR) is 148 cm³/mol. The van der Waals surface area contributed by atoms with E-state index >= 15 is 0 Å². The van der Waals surface area contributed by atoms with Gasteiger partial charge in [-0.25, -0.2) is 9.59 Å². The molecule has 198 valence electrons. The molecule has 0 spiro atoms. The van der Waals surface area contributed by atoms with E-state index < -0.39 is 18.3 Å². The van der Waals surface area contributed by atoms with Crippen LogP contribution in [0.25, 0.3) is 0 Å². The molecule has 0 radical (unpaired) electrons. The second-order valence-electron chi connectivity index (χ2n) is 8.09. The first-order valence-corrected chi connectivity index (χ1v) is 11.8. The number of halogens is 2. The first-order valence-electron chi connectivity index (χ1n) is 11.4. The summed E-state index contributed by atoms with van der Waals surface area (Å²) in [6.07, 6.45) is -0.990. The third kappa shape index (κ3) is 9.26. The van der Waals surface area contributed by atoms with E-state index in [0.717, 1.165) is 23.1 Å². The average Bonchev–Trinajstić information content (AvgIpc) is 2.89. The van der Waals surface area contributed by atoms with Crippen LogP contribution in [0.15, 0.2) is 72.8 Å². The van der Waals surface area contributed by atoms with Crippen LogP contribution in [0.2, 0.25) is 5.02 Å². The number of aliphatic hydroxyl groups excluding tert-OH is 1. The monoisotopic (exact) mass is 547 g/mol. The normalized spacial score (nSPS) is 11.3. The first kappa shape index (κ1) is 29.9. The molecule has 3 aromatic rings. The Bertz CT molecular complexity index is 1080. The van der Waals surface area contributed by atoms with Crippen LogP contribution in [-0.4, -0.2) is 44.6 Å². The van der Waals surface area contributed by atoms with Crippen molar-refractivity contribution in [2.75, 3.05) is 37.9 Å². The quantitative estimate of drug-likeness (QED) is 0.233. The summed E-state index contributed by atoms with van der Waals surface area (Å²) in [5.41, 5.74) is 4.12. The van der Waals surface area contributed by atoms with Gasteiger partial charge in [0.25, 0.3) is 0 Å². The Morgan fingerprint density at radius 3 is 1.81 bits per heavy atom. The average molecular weight is 548 g/mol. The van der Waals surface area contributed by atoms with Crippen molar-refractivity contribution >= 4 is 47.6 Å². The van der Waals surface area contributed by atoms with E-state index in [0.29, 0.717) is 29.5 Å². The van der Waals surface area contributed by atoms with Crippen LogP contribution >= 0.6 is 24.0 Å². The molecule has 0 bridgehead atoms. The lowest BCUT2D eigenvalue weighted by atomic mass is 9.88. The number of rotatable bonds is 10. The van der Waals surface area contributed by atoms with Crippen molar-refractivity contribution in [3.8, 4) is 0 Å². The minimum atomic E-state index is -0.672. The number of carbonyl (C=O) groups is 2. The van der Waals surface area contributed by atoms with Gasteiger partial charge in [-0.05, 0) is 66.1 Å². The van der Waals surface area contributed by atoms with Gasteiger partial charge in [-0.1, -0.05) is 48.0 Å². The number of anilines is 2. The molecule has 0 saturated carbocycles. The van der Waals surface area contributed by atoms with Crippen molar-refractivity contribution in [2.24, 2.45) is 0 Å². The molecular formula is C27H31Cl2N3O5. The Morgan fingerprint density at radius 1 is 0.838 bits per heavy atom. The van der Waals surface area contributed by atoms with Crippen LogP contribution in [0.4, 0.5) is 21.0 Å². The van der Waals surface area contributed by atoms with Gasteiger partial charge in [-0.15, -0.1) is 12.4 Å². The highest BCUT2D eigenvalue weighted by Gasteiger charge is 2.16. The molecule has 3 rings (SSSR count). The molecule has 0 aromatic heterocycles. The van der Waals surface area contributed by atoms with Crippen molar-refractivity contribution in [2.45, 2.75) is 18.4 Å². The van der Waals surface area contributed by atoms with E-state index in [1.165, 1.54) is 14.2 Å². The van der Waals surface area contributed by atoms with Crippen LogP contribution in [-0.2, 0) is 9.47 Å². The molecule has 10 heteroatoms. The summed E-state index contributed by atoms with van der Waals surface area (Å²) in [7, 11) is 2.63. The Morgan fingerprint density at radius 2 is 1.35 bits per heavy atom. The molecule has 0 heterocycles. The summed E-state index contributed by atoms with van der Waals surface area (Å²) in [5.74, 6) is 0.0279. The fraction of sp³-hybridized carbons (Fsp3) is 0.259. The van der Waals surface area contributed by atoms with Gasteiger partial charge in [-0.3, -0.25) is 10.6 Å². The summed E-state index contributed by atoms with van der Waals surface area (Å²) in [6, 6.07) is 22.3. The zero-order valence-corrected chi connectivity index (χ0v) is 22.1. The molecule has 0 aliphatic carbocycles. The molecule has 0 aliphatic rings. The van der Waals surface area contributed by atoms with E-state index in [9.17, 15) is 14.7 Å². The molecule has 1 atom stereocenters. The maximum absolute atomic E-state index is 11.5. The Balaban J connectivity index is 0.00000481. The van der Waals surface area contributed by atoms with Gasteiger partial charge in [-0.2, -0.15) is 0 Å².